The summed E-state index contributed by atoms with van der Waals surface area (Å²) in [6.07, 6.45) is 0. The summed E-state index contributed by atoms with van der Waals surface area (Å²) in [6, 6.07) is 5.50. The van der Waals surface area contributed by atoms with Crippen LogP contribution in [0.4, 0.5) is 0 Å². The van der Waals surface area contributed by atoms with E-state index < -0.39 is 0 Å². The molecule has 0 radical (unpaired) electrons. The molecule has 21 heavy (non-hydrogen) atoms. The molecule has 2 aromatic rings. The number of carbonyl (C=O) groups is 1. The number of amides is 1. The maximum atomic E-state index is 11.5. The lowest BCUT2D eigenvalue weighted by Gasteiger charge is -2.06. The second-order valence-corrected chi connectivity index (χ2v) is 5.52. The molecule has 7 nitrogen and oxygen atoms in total. The average molecular weight is 328 g/mol. The zero-order valence-electron chi connectivity index (χ0n) is 11.3. The van der Waals surface area contributed by atoms with E-state index in [2.05, 4.69) is 20.8 Å². The largest absolute Gasteiger partial charge is 0.395 e. The number of aromatic nitrogens is 4. The molecule has 1 amide bonds. The van der Waals surface area contributed by atoms with Crippen molar-refractivity contribution in [2.75, 3.05) is 18.9 Å². The first-order chi connectivity index (χ1) is 10.1. The molecule has 9 heteroatoms. The maximum Gasteiger partial charge on any atom is 0.230 e. The van der Waals surface area contributed by atoms with Gasteiger partial charge in [0.2, 0.25) is 11.1 Å². The van der Waals surface area contributed by atoms with E-state index in [1.54, 1.807) is 6.07 Å². The van der Waals surface area contributed by atoms with Crippen LogP contribution in [-0.4, -0.2) is 50.1 Å². The van der Waals surface area contributed by atoms with E-state index in [0.717, 1.165) is 11.3 Å². The molecule has 0 bridgehead atoms. The number of hydrogen-bond donors (Lipinski definition) is 2. The zero-order chi connectivity index (χ0) is 15.2. The van der Waals surface area contributed by atoms with E-state index >= 15 is 0 Å². The number of aliphatic hydroxyl groups is 1. The summed E-state index contributed by atoms with van der Waals surface area (Å²) < 4.78 is 1.52. The Hall–Kier alpha value is -1.64. The van der Waals surface area contributed by atoms with Crippen LogP contribution in [0.25, 0.3) is 5.69 Å². The van der Waals surface area contributed by atoms with Gasteiger partial charge in [-0.1, -0.05) is 29.4 Å². The monoisotopic (exact) mass is 327 g/mol. The number of thioether (sulfide) groups is 1. The smallest absolute Gasteiger partial charge is 0.230 e. The van der Waals surface area contributed by atoms with E-state index in [-0.39, 0.29) is 24.8 Å². The summed E-state index contributed by atoms with van der Waals surface area (Å²) in [5, 5.41) is 23.7. The van der Waals surface area contributed by atoms with Gasteiger partial charge in [-0.3, -0.25) is 4.79 Å². The van der Waals surface area contributed by atoms with Gasteiger partial charge in [-0.05, 0) is 35.0 Å². The summed E-state index contributed by atoms with van der Waals surface area (Å²) in [5.41, 5.74) is 1.69. The van der Waals surface area contributed by atoms with Crippen LogP contribution >= 0.6 is 23.4 Å². The van der Waals surface area contributed by atoms with Crippen LogP contribution in [0, 0.1) is 6.92 Å². The predicted molar refractivity (Wildman–Crippen MR) is 79.7 cm³/mol. The maximum absolute atomic E-state index is 11.5. The quantitative estimate of drug-likeness (QED) is 0.763. The topological polar surface area (TPSA) is 92.9 Å². The SMILES string of the molecule is Cc1ccc(-n2nnnc2SCC(=O)NCCO)cc1Cl. The number of tetrazole rings is 1. The number of carbonyl (C=O) groups excluding carboxylic acids is 1. The van der Waals surface area contributed by atoms with Crippen molar-refractivity contribution in [2.24, 2.45) is 0 Å². The molecule has 1 aromatic heterocycles. The number of aliphatic hydroxyl groups excluding tert-OH is 1. The Balaban J connectivity index is 2.08. The minimum atomic E-state index is -0.189. The van der Waals surface area contributed by atoms with Gasteiger partial charge in [0.05, 0.1) is 18.0 Å². The highest BCUT2D eigenvalue weighted by Gasteiger charge is 2.12. The van der Waals surface area contributed by atoms with Crippen LogP contribution in [-0.2, 0) is 4.79 Å². The summed E-state index contributed by atoms with van der Waals surface area (Å²) >= 11 is 7.30. The van der Waals surface area contributed by atoms with Crippen LogP contribution in [0.15, 0.2) is 23.4 Å². The molecule has 0 spiro atoms. The number of rotatable bonds is 6. The highest BCUT2D eigenvalue weighted by Crippen LogP contribution is 2.22. The third kappa shape index (κ3) is 4.16. The summed E-state index contributed by atoms with van der Waals surface area (Å²) in [4.78, 5) is 11.5. The normalized spacial score (nSPS) is 10.6. The van der Waals surface area contributed by atoms with Crippen molar-refractivity contribution in [1.82, 2.24) is 25.5 Å². The molecular formula is C12H14ClN5O2S. The molecule has 2 N–H and O–H groups in total. The molecule has 0 aliphatic heterocycles. The molecule has 0 atom stereocenters. The second-order valence-electron chi connectivity index (χ2n) is 4.17. The van der Waals surface area contributed by atoms with Crippen molar-refractivity contribution in [3.05, 3.63) is 28.8 Å². The Morgan fingerprint density at radius 2 is 2.33 bits per heavy atom. The fraction of sp³-hybridized carbons (Fsp3) is 0.333. The highest BCUT2D eigenvalue weighted by molar-refractivity contribution is 7.99. The van der Waals surface area contributed by atoms with Crippen LogP contribution < -0.4 is 5.32 Å². The third-order valence-electron chi connectivity index (χ3n) is 2.61. The number of nitrogens with zero attached hydrogens (tertiary/aromatic N) is 4. The van der Waals surface area contributed by atoms with E-state index in [1.165, 1.54) is 16.4 Å². The summed E-state index contributed by atoms with van der Waals surface area (Å²) in [7, 11) is 0. The van der Waals surface area contributed by atoms with Gasteiger partial charge in [0.15, 0.2) is 0 Å². The average Bonchev–Trinajstić information content (AvgIpc) is 2.94. The standard InChI is InChI=1S/C12H14ClN5O2S/c1-8-2-3-9(6-10(8)13)18-12(15-16-17-18)21-7-11(20)14-4-5-19/h2-3,6,19H,4-5,7H2,1H3,(H,14,20). The van der Waals surface area contributed by atoms with Crippen molar-refractivity contribution < 1.29 is 9.90 Å². The molecular weight excluding hydrogens is 314 g/mol. The minimum absolute atomic E-state index is 0.0873. The van der Waals surface area contributed by atoms with Crippen molar-refractivity contribution >= 4 is 29.3 Å². The summed E-state index contributed by atoms with van der Waals surface area (Å²) in [5.74, 6) is -0.0227. The minimum Gasteiger partial charge on any atom is -0.395 e. The Morgan fingerprint density at radius 3 is 3.05 bits per heavy atom. The van der Waals surface area contributed by atoms with Crippen molar-refractivity contribution in [3.8, 4) is 5.69 Å². The Morgan fingerprint density at radius 1 is 1.52 bits per heavy atom. The number of halogens is 1. The van der Waals surface area contributed by atoms with E-state index in [9.17, 15) is 4.79 Å². The van der Waals surface area contributed by atoms with Gasteiger partial charge in [0, 0.05) is 11.6 Å². The zero-order valence-corrected chi connectivity index (χ0v) is 12.9. The van der Waals surface area contributed by atoms with Gasteiger partial charge in [0.25, 0.3) is 0 Å². The first kappa shape index (κ1) is 15.7. The lowest BCUT2D eigenvalue weighted by Crippen LogP contribution is -2.28. The predicted octanol–water partition coefficient (Wildman–Crippen LogP) is 0.825. The van der Waals surface area contributed by atoms with Gasteiger partial charge in [-0.2, -0.15) is 4.68 Å². The lowest BCUT2D eigenvalue weighted by molar-refractivity contribution is -0.118. The second kappa shape index (κ2) is 7.39. The molecule has 0 saturated heterocycles. The Kier molecular flexibility index (Phi) is 5.54. The molecule has 0 aliphatic carbocycles. The molecule has 0 saturated carbocycles. The van der Waals surface area contributed by atoms with Gasteiger partial charge >= 0.3 is 0 Å². The number of aryl methyl sites for hydroxylation is 1. The first-order valence-corrected chi connectivity index (χ1v) is 7.53. The van der Waals surface area contributed by atoms with Crippen LogP contribution in [0.1, 0.15) is 5.56 Å². The fourth-order valence-electron chi connectivity index (χ4n) is 1.52. The van der Waals surface area contributed by atoms with Crippen molar-refractivity contribution in [1.29, 1.82) is 0 Å². The van der Waals surface area contributed by atoms with E-state index in [4.69, 9.17) is 16.7 Å². The van der Waals surface area contributed by atoms with Crippen molar-refractivity contribution in [2.45, 2.75) is 12.1 Å². The Bertz CT molecular complexity index is 634. The van der Waals surface area contributed by atoms with Gasteiger partial charge < -0.3 is 10.4 Å². The highest BCUT2D eigenvalue weighted by atomic mass is 35.5. The van der Waals surface area contributed by atoms with E-state index in [1.807, 2.05) is 19.1 Å². The van der Waals surface area contributed by atoms with Crippen LogP contribution in [0.2, 0.25) is 5.02 Å². The molecule has 1 aromatic carbocycles. The number of nitrogens with one attached hydrogen (secondary N) is 1. The number of hydrogen-bond acceptors (Lipinski definition) is 6. The van der Waals surface area contributed by atoms with Gasteiger partial charge in [-0.15, -0.1) is 5.10 Å². The molecule has 2 rings (SSSR count). The van der Waals surface area contributed by atoms with Crippen LogP contribution in [0.3, 0.4) is 0 Å². The molecule has 0 unspecified atom stereocenters. The molecule has 112 valence electrons. The summed E-state index contributed by atoms with van der Waals surface area (Å²) in [6.45, 7) is 2.06. The molecule has 0 fully saturated rings. The van der Waals surface area contributed by atoms with Gasteiger partial charge in [0.1, 0.15) is 0 Å². The van der Waals surface area contributed by atoms with Gasteiger partial charge in [-0.25, -0.2) is 0 Å². The van der Waals surface area contributed by atoms with E-state index in [0.29, 0.717) is 10.2 Å². The first-order valence-electron chi connectivity index (χ1n) is 6.17. The fourth-order valence-corrected chi connectivity index (χ4v) is 2.42. The van der Waals surface area contributed by atoms with Crippen molar-refractivity contribution in [3.63, 3.8) is 0 Å². The molecule has 0 aliphatic rings. The van der Waals surface area contributed by atoms with Crippen LogP contribution in [0.5, 0.6) is 0 Å². The molecule has 1 heterocycles. The number of benzene rings is 1. The third-order valence-corrected chi connectivity index (χ3v) is 3.93. The lowest BCUT2D eigenvalue weighted by atomic mass is 10.2. The Labute approximate surface area is 130 Å².